The first-order chi connectivity index (χ1) is 10.1. The van der Waals surface area contributed by atoms with Gasteiger partial charge < -0.3 is 10.6 Å². The van der Waals surface area contributed by atoms with Gasteiger partial charge in [-0.1, -0.05) is 18.2 Å². The standard InChI is InChI=1S/C17H17FN2O/c1-11(21)19-12-4-2-5-13(10-12)20-17-9-8-14-15(17)6-3-7-16(14)18/h2-7,10,17,20H,8-9H2,1H3,(H,19,21). The molecule has 1 unspecified atom stereocenters. The lowest BCUT2D eigenvalue weighted by Crippen LogP contribution is -2.09. The molecular formula is C17H17FN2O. The van der Waals surface area contributed by atoms with Crippen LogP contribution in [0.2, 0.25) is 0 Å². The van der Waals surface area contributed by atoms with Crippen LogP contribution in [0.5, 0.6) is 0 Å². The Morgan fingerprint density at radius 1 is 1.19 bits per heavy atom. The molecule has 1 aliphatic rings. The molecule has 4 heteroatoms. The topological polar surface area (TPSA) is 41.1 Å². The van der Waals surface area contributed by atoms with Gasteiger partial charge in [0, 0.05) is 18.3 Å². The van der Waals surface area contributed by atoms with E-state index in [1.807, 2.05) is 30.3 Å². The summed E-state index contributed by atoms with van der Waals surface area (Å²) in [5, 5.41) is 6.18. The maximum absolute atomic E-state index is 13.7. The molecular weight excluding hydrogens is 267 g/mol. The third-order valence-electron chi connectivity index (χ3n) is 3.74. The first kappa shape index (κ1) is 13.6. The summed E-state index contributed by atoms with van der Waals surface area (Å²) in [5.74, 6) is -0.218. The minimum absolute atomic E-state index is 0.0968. The van der Waals surface area contributed by atoms with Gasteiger partial charge in [0.25, 0.3) is 0 Å². The van der Waals surface area contributed by atoms with Crippen molar-refractivity contribution in [3.8, 4) is 0 Å². The van der Waals surface area contributed by atoms with Crippen molar-refractivity contribution in [1.29, 1.82) is 0 Å². The van der Waals surface area contributed by atoms with E-state index in [1.165, 1.54) is 13.0 Å². The summed E-state index contributed by atoms with van der Waals surface area (Å²) in [7, 11) is 0. The molecule has 1 atom stereocenters. The molecule has 2 N–H and O–H groups in total. The summed E-state index contributed by atoms with van der Waals surface area (Å²) in [5.41, 5.74) is 3.52. The lowest BCUT2D eigenvalue weighted by Gasteiger charge is -2.16. The Balaban J connectivity index is 1.80. The van der Waals surface area contributed by atoms with E-state index in [0.29, 0.717) is 0 Å². The molecule has 0 heterocycles. The Bertz CT molecular complexity index is 684. The van der Waals surface area contributed by atoms with Crippen LogP contribution in [0.25, 0.3) is 0 Å². The van der Waals surface area contributed by atoms with Gasteiger partial charge in [-0.15, -0.1) is 0 Å². The highest BCUT2D eigenvalue weighted by Gasteiger charge is 2.24. The van der Waals surface area contributed by atoms with E-state index < -0.39 is 0 Å². The molecule has 108 valence electrons. The number of rotatable bonds is 3. The van der Waals surface area contributed by atoms with Crippen LogP contribution in [0, 0.1) is 5.82 Å². The second-order valence-corrected chi connectivity index (χ2v) is 5.31. The normalized spacial score (nSPS) is 16.4. The lowest BCUT2D eigenvalue weighted by atomic mass is 10.1. The van der Waals surface area contributed by atoms with E-state index in [1.54, 1.807) is 6.07 Å². The van der Waals surface area contributed by atoms with Crippen LogP contribution in [0.1, 0.15) is 30.5 Å². The van der Waals surface area contributed by atoms with E-state index in [4.69, 9.17) is 0 Å². The molecule has 2 aromatic rings. The molecule has 0 radical (unpaired) electrons. The zero-order chi connectivity index (χ0) is 14.8. The number of nitrogens with one attached hydrogen (secondary N) is 2. The Hall–Kier alpha value is -2.36. The van der Waals surface area contributed by atoms with Crippen molar-refractivity contribution in [1.82, 2.24) is 0 Å². The second-order valence-electron chi connectivity index (χ2n) is 5.31. The highest BCUT2D eigenvalue weighted by Crippen LogP contribution is 2.35. The molecule has 0 saturated carbocycles. The number of benzene rings is 2. The van der Waals surface area contributed by atoms with Crippen molar-refractivity contribution in [3.05, 3.63) is 59.4 Å². The maximum Gasteiger partial charge on any atom is 0.221 e. The van der Waals surface area contributed by atoms with E-state index in [0.717, 1.165) is 35.3 Å². The summed E-state index contributed by atoms with van der Waals surface area (Å²) in [6.45, 7) is 1.48. The van der Waals surface area contributed by atoms with Gasteiger partial charge >= 0.3 is 0 Å². The summed E-state index contributed by atoms with van der Waals surface area (Å²) in [4.78, 5) is 11.1. The van der Waals surface area contributed by atoms with Crippen LogP contribution in [0.3, 0.4) is 0 Å². The van der Waals surface area contributed by atoms with Gasteiger partial charge in [-0.2, -0.15) is 0 Å². The van der Waals surface area contributed by atoms with Crippen molar-refractivity contribution < 1.29 is 9.18 Å². The first-order valence-corrected chi connectivity index (χ1v) is 7.05. The minimum atomic E-state index is -0.121. The summed E-state index contributed by atoms with van der Waals surface area (Å²) in [6, 6.07) is 12.9. The van der Waals surface area contributed by atoms with Crippen LogP contribution in [-0.2, 0) is 11.2 Å². The largest absolute Gasteiger partial charge is 0.378 e. The molecule has 0 aliphatic heterocycles. The number of halogens is 1. The third-order valence-corrected chi connectivity index (χ3v) is 3.74. The van der Waals surface area contributed by atoms with Crippen LogP contribution >= 0.6 is 0 Å². The molecule has 0 fully saturated rings. The highest BCUT2D eigenvalue weighted by atomic mass is 19.1. The van der Waals surface area contributed by atoms with Crippen LogP contribution in [0.15, 0.2) is 42.5 Å². The number of amides is 1. The van der Waals surface area contributed by atoms with Crippen molar-refractivity contribution in [3.63, 3.8) is 0 Å². The van der Waals surface area contributed by atoms with Crippen molar-refractivity contribution in [2.45, 2.75) is 25.8 Å². The fraction of sp³-hybridized carbons (Fsp3) is 0.235. The number of anilines is 2. The number of hydrogen-bond donors (Lipinski definition) is 2. The summed E-state index contributed by atoms with van der Waals surface area (Å²) >= 11 is 0. The molecule has 0 bridgehead atoms. The Morgan fingerprint density at radius 2 is 1.95 bits per heavy atom. The van der Waals surface area contributed by atoms with E-state index in [-0.39, 0.29) is 17.8 Å². The van der Waals surface area contributed by atoms with Crippen molar-refractivity contribution in [2.75, 3.05) is 10.6 Å². The Labute approximate surface area is 123 Å². The predicted octanol–water partition coefficient (Wildman–Crippen LogP) is 3.88. The van der Waals surface area contributed by atoms with E-state index in [9.17, 15) is 9.18 Å². The van der Waals surface area contributed by atoms with Gasteiger partial charge in [0.1, 0.15) is 5.82 Å². The van der Waals surface area contributed by atoms with Crippen LogP contribution in [-0.4, -0.2) is 5.91 Å². The van der Waals surface area contributed by atoms with E-state index in [2.05, 4.69) is 10.6 Å². The zero-order valence-electron chi connectivity index (χ0n) is 11.8. The quantitative estimate of drug-likeness (QED) is 0.898. The van der Waals surface area contributed by atoms with E-state index >= 15 is 0 Å². The van der Waals surface area contributed by atoms with Crippen molar-refractivity contribution in [2.24, 2.45) is 0 Å². The van der Waals surface area contributed by atoms with Gasteiger partial charge in [0.2, 0.25) is 5.91 Å². The van der Waals surface area contributed by atoms with Crippen LogP contribution < -0.4 is 10.6 Å². The van der Waals surface area contributed by atoms with Gasteiger partial charge in [-0.05, 0) is 48.2 Å². The number of fused-ring (bicyclic) bond motifs is 1. The van der Waals surface area contributed by atoms with Crippen LogP contribution in [0.4, 0.5) is 15.8 Å². The monoisotopic (exact) mass is 284 g/mol. The third kappa shape index (κ3) is 2.89. The Morgan fingerprint density at radius 3 is 2.76 bits per heavy atom. The van der Waals surface area contributed by atoms with Gasteiger partial charge in [-0.3, -0.25) is 4.79 Å². The second kappa shape index (κ2) is 5.56. The number of carbonyl (C=O) groups excluding carboxylic acids is 1. The number of hydrogen-bond acceptors (Lipinski definition) is 2. The molecule has 1 aliphatic carbocycles. The first-order valence-electron chi connectivity index (χ1n) is 7.05. The van der Waals surface area contributed by atoms with Gasteiger partial charge in [0.05, 0.1) is 6.04 Å². The zero-order valence-corrected chi connectivity index (χ0v) is 11.8. The Kier molecular flexibility index (Phi) is 3.60. The molecule has 3 nitrogen and oxygen atoms in total. The molecule has 0 aromatic heterocycles. The van der Waals surface area contributed by atoms with Crippen molar-refractivity contribution >= 4 is 17.3 Å². The number of carbonyl (C=O) groups is 1. The molecule has 21 heavy (non-hydrogen) atoms. The lowest BCUT2D eigenvalue weighted by molar-refractivity contribution is -0.114. The minimum Gasteiger partial charge on any atom is -0.378 e. The fourth-order valence-electron chi connectivity index (χ4n) is 2.85. The predicted molar refractivity (Wildman–Crippen MR) is 81.8 cm³/mol. The average Bonchev–Trinajstić information content (AvgIpc) is 2.83. The summed E-state index contributed by atoms with van der Waals surface area (Å²) < 4.78 is 13.7. The molecule has 1 amide bonds. The molecule has 2 aromatic carbocycles. The maximum atomic E-state index is 13.7. The summed E-state index contributed by atoms with van der Waals surface area (Å²) in [6.07, 6.45) is 1.63. The smallest absolute Gasteiger partial charge is 0.221 e. The SMILES string of the molecule is CC(=O)Nc1cccc(NC2CCc3c(F)cccc32)c1. The molecule has 0 saturated heterocycles. The molecule has 3 rings (SSSR count). The molecule has 0 spiro atoms. The average molecular weight is 284 g/mol. The van der Waals surface area contributed by atoms with Gasteiger partial charge in [0.15, 0.2) is 0 Å². The highest BCUT2D eigenvalue weighted by molar-refractivity contribution is 5.89. The fourth-order valence-corrected chi connectivity index (χ4v) is 2.85. The van der Waals surface area contributed by atoms with Gasteiger partial charge in [-0.25, -0.2) is 4.39 Å².